The first-order valence-corrected chi connectivity index (χ1v) is 8.95. The van der Waals surface area contributed by atoms with Gasteiger partial charge in [0.25, 0.3) is 5.91 Å². The fourth-order valence-electron chi connectivity index (χ4n) is 2.92. The predicted octanol–water partition coefficient (Wildman–Crippen LogP) is 3.32. The molecule has 0 saturated heterocycles. The lowest BCUT2D eigenvalue weighted by Gasteiger charge is -2.12. The van der Waals surface area contributed by atoms with Gasteiger partial charge in [0.2, 0.25) is 0 Å². The third-order valence-corrected chi connectivity index (χ3v) is 4.48. The average Bonchev–Trinajstić information content (AvgIpc) is 3.16. The Balaban J connectivity index is 1.39. The molecule has 1 aliphatic heterocycles. The largest absolute Gasteiger partial charge is 0.387 e. The second-order valence-corrected chi connectivity index (χ2v) is 6.67. The minimum atomic E-state index is -0.160. The number of amides is 1. The molecule has 1 unspecified atom stereocenters. The van der Waals surface area contributed by atoms with Crippen LogP contribution in [0.4, 0.5) is 5.69 Å². The normalized spacial score (nSPS) is 15.9. The van der Waals surface area contributed by atoms with Crippen molar-refractivity contribution in [3.63, 3.8) is 0 Å². The van der Waals surface area contributed by atoms with Crippen LogP contribution in [0.2, 0.25) is 0 Å². The van der Waals surface area contributed by atoms with Crippen LogP contribution in [-0.4, -0.2) is 32.3 Å². The fraction of sp³-hybridized carbons (Fsp3) is 0.333. The number of nitrogens with one attached hydrogen (secondary N) is 1. The van der Waals surface area contributed by atoms with Crippen LogP contribution in [0.5, 0.6) is 0 Å². The van der Waals surface area contributed by atoms with Crippen LogP contribution in [0, 0.1) is 0 Å². The topological polar surface area (TPSA) is 53.9 Å². The van der Waals surface area contributed by atoms with E-state index in [-0.39, 0.29) is 12.0 Å². The summed E-state index contributed by atoms with van der Waals surface area (Å²) in [4.78, 5) is 19.7. The molecular weight excluding hydrogens is 326 g/mol. The molecule has 26 heavy (non-hydrogen) atoms. The summed E-state index contributed by atoms with van der Waals surface area (Å²) in [6.07, 6.45) is 2.18. The van der Waals surface area contributed by atoms with Gasteiger partial charge in [0, 0.05) is 32.7 Å². The van der Waals surface area contributed by atoms with Crippen molar-refractivity contribution in [1.29, 1.82) is 0 Å². The maximum absolute atomic E-state index is 12.2. The van der Waals surface area contributed by atoms with E-state index in [9.17, 15) is 4.79 Å². The maximum Gasteiger partial charge on any atom is 0.269 e. The Labute approximate surface area is 154 Å². The number of hydrogen-bond acceptors (Lipinski definition) is 4. The van der Waals surface area contributed by atoms with Crippen molar-refractivity contribution < 1.29 is 9.63 Å². The molecule has 0 spiro atoms. The molecule has 1 atom stereocenters. The first-order valence-electron chi connectivity index (χ1n) is 8.95. The van der Waals surface area contributed by atoms with Crippen LogP contribution in [0.15, 0.2) is 59.8 Å². The Bertz CT molecular complexity index is 755. The Hall–Kier alpha value is -2.82. The summed E-state index contributed by atoms with van der Waals surface area (Å²) in [6.45, 7) is 0.628. The number of aryl methyl sites for hydroxylation is 1. The zero-order chi connectivity index (χ0) is 18.4. The number of anilines is 1. The minimum absolute atomic E-state index is 0.133. The number of benzene rings is 2. The zero-order valence-electron chi connectivity index (χ0n) is 15.3. The SMILES string of the molecule is CN(C)c1ccc(CCCNC(=O)C2=NOC(c3ccccc3)C2)cc1. The van der Waals surface area contributed by atoms with Crippen molar-refractivity contribution in [3.05, 3.63) is 65.7 Å². The molecule has 2 aromatic rings. The van der Waals surface area contributed by atoms with Gasteiger partial charge in [-0.1, -0.05) is 47.6 Å². The summed E-state index contributed by atoms with van der Waals surface area (Å²) in [5, 5.41) is 6.90. The number of rotatable bonds is 7. The van der Waals surface area contributed by atoms with Crippen LogP contribution in [-0.2, 0) is 16.1 Å². The van der Waals surface area contributed by atoms with Crippen LogP contribution in [0.1, 0.15) is 30.1 Å². The predicted molar refractivity (Wildman–Crippen MR) is 104 cm³/mol. The summed E-state index contributed by atoms with van der Waals surface area (Å²) in [5.41, 5.74) is 3.97. The Morgan fingerprint density at radius 2 is 1.88 bits per heavy atom. The highest BCUT2D eigenvalue weighted by molar-refractivity contribution is 6.39. The van der Waals surface area contributed by atoms with E-state index in [2.05, 4.69) is 39.6 Å². The van der Waals surface area contributed by atoms with Crippen LogP contribution in [0.3, 0.4) is 0 Å². The second kappa shape index (κ2) is 8.52. The van der Waals surface area contributed by atoms with E-state index in [1.165, 1.54) is 11.3 Å². The Kier molecular flexibility index (Phi) is 5.89. The first kappa shape index (κ1) is 18.0. The number of oxime groups is 1. The molecular formula is C21H25N3O2. The van der Waals surface area contributed by atoms with Crippen molar-refractivity contribution in [1.82, 2.24) is 5.32 Å². The third kappa shape index (κ3) is 4.63. The molecule has 1 heterocycles. The highest BCUT2D eigenvalue weighted by Gasteiger charge is 2.26. The number of nitrogens with zero attached hydrogens (tertiary/aromatic N) is 2. The molecule has 0 aliphatic carbocycles. The molecule has 0 saturated carbocycles. The molecule has 5 nitrogen and oxygen atoms in total. The standard InChI is InChI=1S/C21H25N3O2/c1-24(2)18-12-10-16(11-13-18)7-6-14-22-21(25)19-15-20(26-23-19)17-8-4-3-5-9-17/h3-5,8-13,20H,6-7,14-15H2,1-2H3,(H,22,25). The second-order valence-electron chi connectivity index (χ2n) is 6.67. The van der Waals surface area contributed by atoms with Crippen molar-refractivity contribution in [2.24, 2.45) is 5.16 Å². The van der Waals surface area contributed by atoms with Gasteiger partial charge in [-0.05, 0) is 36.1 Å². The van der Waals surface area contributed by atoms with Crippen LogP contribution >= 0.6 is 0 Å². The van der Waals surface area contributed by atoms with Gasteiger partial charge in [-0.3, -0.25) is 4.79 Å². The number of carbonyl (C=O) groups excluding carboxylic acids is 1. The molecule has 5 heteroatoms. The molecule has 0 fully saturated rings. The van der Waals surface area contributed by atoms with Gasteiger partial charge in [0.05, 0.1) is 0 Å². The number of hydrogen-bond donors (Lipinski definition) is 1. The fourth-order valence-corrected chi connectivity index (χ4v) is 2.92. The van der Waals surface area contributed by atoms with Crippen molar-refractivity contribution in [2.45, 2.75) is 25.4 Å². The maximum atomic E-state index is 12.2. The van der Waals surface area contributed by atoms with E-state index in [4.69, 9.17) is 4.84 Å². The first-order chi connectivity index (χ1) is 12.6. The molecule has 1 aliphatic rings. The van der Waals surface area contributed by atoms with E-state index in [0.29, 0.717) is 18.7 Å². The van der Waals surface area contributed by atoms with Gasteiger partial charge in [0.1, 0.15) is 5.71 Å². The molecule has 136 valence electrons. The highest BCUT2D eigenvalue weighted by atomic mass is 16.6. The average molecular weight is 351 g/mol. The molecule has 0 radical (unpaired) electrons. The smallest absolute Gasteiger partial charge is 0.269 e. The van der Waals surface area contributed by atoms with Gasteiger partial charge < -0.3 is 15.1 Å². The van der Waals surface area contributed by atoms with Gasteiger partial charge in [0.15, 0.2) is 6.10 Å². The van der Waals surface area contributed by atoms with Gasteiger partial charge in [-0.15, -0.1) is 0 Å². The lowest BCUT2D eigenvalue weighted by atomic mass is 10.0. The minimum Gasteiger partial charge on any atom is -0.387 e. The lowest BCUT2D eigenvalue weighted by molar-refractivity contribution is -0.114. The summed E-state index contributed by atoms with van der Waals surface area (Å²) in [6, 6.07) is 18.4. The van der Waals surface area contributed by atoms with E-state index in [1.54, 1.807) is 0 Å². The van der Waals surface area contributed by atoms with Crippen LogP contribution < -0.4 is 10.2 Å². The van der Waals surface area contributed by atoms with Crippen molar-refractivity contribution in [3.8, 4) is 0 Å². The van der Waals surface area contributed by atoms with Gasteiger partial charge >= 0.3 is 0 Å². The van der Waals surface area contributed by atoms with Crippen molar-refractivity contribution >= 4 is 17.3 Å². The molecule has 0 bridgehead atoms. The van der Waals surface area contributed by atoms with E-state index in [1.807, 2.05) is 44.4 Å². The monoisotopic (exact) mass is 351 g/mol. The molecule has 2 aromatic carbocycles. The molecule has 3 rings (SSSR count). The zero-order valence-corrected chi connectivity index (χ0v) is 15.3. The van der Waals surface area contributed by atoms with E-state index < -0.39 is 0 Å². The highest BCUT2D eigenvalue weighted by Crippen LogP contribution is 2.26. The van der Waals surface area contributed by atoms with Crippen LogP contribution in [0.25, 0.3) is 0 Å². The van der Waals surface area contributed by atoms with Crippen molar-refractivity contribution in [2.75, 3.05) is 25.5 Å². The van der Waals surface area contributed by atoms with E-state index in [0.717, 1.165) is 18.4 Å². The quantitative estimate of drug-likeness (QED) is 0.779. The summed E-state index contributed by atoms with van der Waals surface area (Å²) < 4.78 is 0. The van der Waals surface area contributed by atoms with Gasteiger partial charge in [-0.2, -0.15) is 0 Å². The summed E-state index contributed by atoms with van der Waals surface area (Å²) in [5.74, 6) is -0.133. The summed E-state index contributed by atoms with van der Waals surface area (Å²) in [7, 11) is 4.06. The molecule has 1 amide bonds. The third-order valence-electron chi connectivity index (χ3n) is 4.48. The van der Waals surface area contributed by atoms with E-state index >= 15 is 0 Å². The summed E-state index contributed by atoms with van der Waals surface area (Å²) >= 11 is 0. The Morgan fingerprint density at radius 3 is 2.58 bits per heavy atom. The Morgan fingerprint density at radius 1 is 1.15 bits per heavy atom. The van der Waals surface area contributed by atoms with Gasteiger partial charge in [-0.25, -0.2) is 0 Å². The molecule has 1 N–H and O–H groups in total. The molecule has 0 aromatic heterocycles. The number of carbonyl (C=O) groups is 1. The lowest BCUT2D eigenvalue weighted by Crippen LogP contribution is -2.31.